The van der Waals surface area contributed by atoms with Gasteiger partial charge in [-0.05, 0) is 83.0 Å². The third kappa shape index (κ3) is 48.7. The number of hydrogen-bond acceptors (Lipinski definition) is 24. The van der Waals surface area contributed by atoms with Crippen molar-refractivity contribution in [3.8, 4) is 0 Å². The number of carbonyl (C=O) groups excluding carboxylic acids is 4. The fourth-order valence-electron chi connectivity index (χ4n) is 15.3. The summed E-state index contributed by atoms with van der Waals surface area (Å²) in [7, 11) is -5.81. The van der Waals surface area contributed by atoms with Gasteiger partial charge in [0.05, 0.1) is 13.2 Å². The summed E-state index contributed by atoms with van der Waals surface area (Å²) < 4.78 is 73.3. The number of aliphatic hydroxyl groups is 9. The second-order valence-electron chi connectivity index (χ2n) is 33.4. The largest absolute Gasteiger partial charge is 0.472 e. The van der Waals surface area contributed by atoms with Crippen LogP contribution in [0, 0.1) is 5.92 Å². The van der Waals surface area contributed by atoms with Crippen LogP contribution in [0.25, 0.3) is 0 Å². The molecular formula is C90H165O25P. The smallest absolute Gasteiger partial charge is 0.463 e. The van der Waals surface area contributed by atoms with Crippen molar-refractivity contribution in [2.75, 3.05) is 26.4 Å². The van der Waals surface area contributed by atoms with Crippen LogP contribution in [0.4, 0.5) is 0 Å². The van der Waals surface area contributed by atoms with Gasteiger partial charge < -0.3 is 88.7 Å². The van der Waals surface area contributed by atoms with E-state index in [1.54, 1.807) is 0 Å². The monoisotopic (exact) mass is 1680 g/mol. The van der Waals surface area contributed by atoms with E-state index in [4.69, 9.17) is 46.9 Å². The van der Waals surface area contributed by atoms with E-state index in [1.807, 2.05) is 0 Å². The zero-order valence-electron chi connectivity index (χ0n) is 72.5. The molecule has 19 atom stereocenters. The Morgan fingerprint density at radius 2 is 0.698 bits per heavy atom. The van der Waals surface area contributed by atoms with Crippen molar-refractivity contribution in [3.63, 3.8) is 0 Å². The van der Waals surface area contributed by atoms with E-state index in [2.05, 4.69) is 58.9 Å². The number of aliphatic hydroxyl groups excluding tert-OH is 9. The first-order chi connectivity index (χ1) is 56.1. The third-order valence-electron chi connectivity index (χ3n) is 22.8. The number of hydrogen-bond donors (Lipinski definition) is 10. The lowest BCUT2D eigenvalue weighted by Crippen LogP contribution is -2.70. The maximum atomic E-state index is 14.9. The zero-order chi connectivity index (χ0) is 84.8. The molecule has 0 aromatic heterocycles. The molecule has 25 nitrogen and oxygen atoms in total. The van der Waals surface area contributed by atoms with Gasteiger partial charge in [-0.25, -0.2) is 4.57 Å². The number of rotatable bonds is 74. The molecule has 0 bridgehead atoms. The lowest BCUT2D eigenvalue weighted by Gasteiger charge is -2.50. The Balaban J connectivity index is 1.93. The lowest BCUT2D eigenvalue weighted by molar-refractivity contribution is -0.360. The molecule has 0 radical (unpaired) electrons. The molecule has 0 aromatic rings. The zero-order valence-corrected chi connectivity index (χ0v) is 73.4. The molecule has 3 fully saturated rings. The number of unbranched alkanes of at least 4 members (excludes halogenated alkanes) is 42. The van der Waals surface area contributed by atoms with Crippen molar-refractivity contribution in [1.29, 1.82) is 0 Å². The number of allylic oxidation sites excluding steroid dienone is 4. The van der Waals surface area contributed by atoms with Gasteiger partial charge in [0.2, 0.25) is 0 Å². The van der Waals surface area contributed by atoms with E-state index in [0.717, 1.165) is 122 Å². The fourth-order valence-corrected chi connectivity index (χ4v) is 16.3. The minimum atomic E-state index is -5.81. The van der Waals surface area contributed by atoms with Crippen molar-refractivity contribution in [3.05, 3.63) is 24.3 Å². The van der Waals surface area contributed by atoms with Crippen molar-refractivity contribution >= 4 is 31.7 Å². The molecule has 116 heavy (non-hydrogen) atoms. The standard InChI is InChI=1S/C90H165O25P/c1-6-10-14-18-22-25-28-31-32-35-38-41-44-52-58-64-76(95)112-85-81(100)82(101)86(113-89-83(102)79(98)77(96)71(65-91)110-89)88(87(85)114-90-84(103)80(99)78(97)72(111-90)68-107-74(93)62-56-50-46-45-48-54-60-69(5)59-53-47-21-17-13-9-4)115-116(104,105)108-67-70(109-75(94)63-57-51-43-40-37-34-30-27-24-20-16-12-8-3)66-106-73(92)61-55-49-42-39-36-33-29-26-23-19-15-11-7-2/h33-34,36-37,69-72,77-91,96-103H,6-32,35,38-68H2,1-5H3,(H,104,105)/b36-33-,37-34-. The first-order valence-corrected chi connectivity index (χ1v) is 48.0. The highest BCUT2D eigenvalue weighted by Crippen LogP contribution is 2.49. The normalized spacial score (nSPS) is 25.5. The molecule has 0 spiro atoms. The maximum absolute atomic E-state index is 14.9. The Morgan fingerprint density at radius 3 is 1.12 bits per heavy atom. The first-order valence-electron chi connectivity index (χ1n) is 46.5. The Labute approximate surface area is 698 Å². The topological polar surface area (TPSA) is 380 Å². The summed E-state index contributed by atoms with van der Waals surface area (Å²) in [5, 5.41) is 102. The van der Waals surface area contributed by atoms with Gasteiger partial charge in [-0.2, -0.15) is 0 Å². The third-order valence-corrected chi connectivity index (χ3v) is 23.8. The number of phosphoric acid groups is 1. The molecule has 26 heteroatoms. The van der Waals surface area contributed by atoms with Gasteiger partial charge in [0.25, 0.3) is 0 Å². The molecule has 19 unspecified atom stereocenters. The van der Waals surface area contributed by atoms with E-state index in [0.29, 0.717) is 44.4 Å². The van der Waals surface area contributed by atoms with Gasteiger partial charge in [-0.3, -0.25) is 28.2 Å². The second kappa shape index (κ2) is 68.4. The first kappa shape index (κ1) is 107. The van der Waals surface area contributed by atoms with Crippen LogP contribution in [0.1, 0.15) is 388 Å². The fraction of sp³-hybridized carbons (Fsp3) is 0.911. The molecule has 1 saturated carbocycles. The van der Waals surface area contributed by atoms with Gasteiger partial charge in [0.1, 0.15) is 92.6 Å². The Morgan fingerprint density at radius 1 is 0.362 bits per heavy atom. The molecular weight excluding hydrogens is 1510 g/mol. The van der Waals surface area contributed by atoms with Crippen LogP contribution in [-0.2, 0) is 70.7 Å². The van der Waals surface area contributed by atoms with E-state index < -0.39 is 162 Å². The summed E-state index contributed by atoms with van der Waals surface area (Å²) in [6, 6.07) is 0. The maximum Gasteiger partial charge on any atom is 0.472 e. The van der Waals surface area contributed by atoms with E-state index in [-0.39, 0.29) is 25.7 Å². The molecule has 2 saturated heterocycles. The summed E-state index contributed by atoms with van der Waals surface area (Å²) in [5.74, 6) is -2.32. The van der Waals surface area contributed by atoms with Crippen LogP contribution in [0.3, 0.4) is 0 Å². The molecule has 680 valence electrons. The summed E-state index contributed by atoms with van der Waals surface area (Å²) in [4.78, 5) is 66.4. The second-order valence-corrected chi connectivity index (χ2v) is 34.8. The Kier molecular flexibility index (Phi) is 63.2. The average molecular weight is 1680 g/mol. The molecule has 2 heterocycles. The molecule has 0 aromatic carbocycles. The summed E-state index contributed by atoms with van der Waals surface area (Å²) in [6.07, 6.45) is 26.2. The SMILES string of the molecule is CCCCCCCC/C=C\CCCCCC(=O)OCC(COP(=O)(O)OC1C(OC2OC(CO)C(O)C(O)C2O)C(O)C(O)C(OC(=O)CCCCCCCCCCCCCCCCC)C1OC1OC(COC(=O)CCCCCCCCC(C)CCCCCCCC)C(O)C(O)C1O)OC(=O)CCCCC/C=C\CCCCCCCC. The number of esters is 4. The number of ether oxygens (including phenoxy) is 8. The van der Waals surface area contributed by atoms with Gasteiger partial charge in [-0.1, -0.05) is 309 Å². The molecule has 3 rings (SSSR count). The minimum absolute atomic E-state index is 0.0107. The predicted molar refractivity (Wildman–Crippen MR) is 449 cm³/mol. The summed E-state index contributed by atoms with van der Waals surface area (Å²) in [5.41, 5.74) is 0. The Bertz CT molecular complexity index is 2530. The molecule has 0 amide bonds. The van der Waals surface area contributed by atoms with Crippen LogP contribution in [-0.4, -0.2) is 205 Å². The van der Waals surface area contributed by atoms with E-state index >= 15 is 0 Å². The highest BCUT2D eigenvalue weighted by Gasteiger charge is 2.60. The van der Waals surface area contributed by atoms with E-state index in [9.17, 15) is 74.6 Å². The van der Waals surface area contributed by atoms with Crippen molar-refractivity contribution in [1.82, 2.24) is 0 Å². The van der Waals surface area contributed by atoms with Gasteiger partial charge in [0.15, 0.2) is 24.8 Å². The highest BCUT2D eigenvalue weighted by atomic mass is 31.2. The minimum Gasteiger partial charge on any atom is -0.463 e. The van der Waals surface area contributed by atoms with Crippen LogP contribution in [0.2, 0.25) is 0 Å². The summed E-state index contributed by atoms with van der Waals surface area (Å²) >= 11 is 0. The lowest BCUT2D eigenvalue weighted by atomic mass is 9.84. The molecule has 3 aliphatic rings. The molecule has 2 aliphatic heterocycles. The van der Waals surface area contributed by atoms with Gasteiger partial charge in [-0.15, -0.1) is 0 Å². The highest BCUT2D eigenvalue weighted by molar-refractivity contribution is 7.47. The quantitative estimate of drug-likeness (QED) is 0.00889. The summed E-state index contributed by atoms with van der Waals surface area (Å²) in [6.45, 7) is 7.87. The Hall–Kier alpha value is -3.05. The number of phosphoric ester groups is 1. The van der Waals surface area contributed by atoms with Crippen LogP contribution < -0.4 is 0 Å². The van der Waals surface area contributed by atoms with Crippen molar-refractivity contribution < 1.29 is 122 Å². The van der Waals surface area contributed by atoms with Crippen molar-refractivity contribution in [2.24, 2.45) is 5.92 Å². The van der Waals surface area contributed by atoms with E-state index in [1.165, 1.54) is 167 Å². The average Bonchev–Trinajstić information content (AvgIpc) is 0.760. The van der Waals surface area contributed by atoms with Crippen LogP contribution in [0.5, 0.6) is 0 Å². The van der Waals surface area contributed by atoms with Crippen LogP contribution in [0.15, 0.2) is 24.3 Å². The van der Waals surface area contributed by atoms with Gasteiger partial charge >= 0.3 is 31.7 Å². The molecule has 1 aliphatic carbocycles. The van der Waals surface area contributed by atoms with Crippen LogP contribution >= 0.6 is 7.82 Å². The predicted octanol–water partition coefficient (Wildman–Crippen LogP) is 16.8. The number of carbonyl (C=O) groups is 4. The molecule has 10 N–H and O–H groups in total. The van der Waals surface area contributed by atoms with Crippen molar-refractivity contribution in [2.45, 2.75) is 492 Å². The van der Waals surface area contributed by atoms with Gasteiger partial charge in [0, 0.05) is 25.7 Å².